The molecule has 1 aliphatic heterocycles. The highest BCUT2D eigenvalue weighted by molar-refractivity contribution is 14.0. The van der Waals surface area contributed by atoms with Gasteiger partial charge in [-0.2, -0.15) is 0 Å². The van der Waals surface area contributed by atoms with Crippen molar-refractivity contribution in [2.45, 2.75) is 46.1 Å². The molecule has 1 aromatic heterocycles. The van der Waals surface area contributed by atoms with Gasteiger partial charge < -0.3 is 20.1 Å². The van der Waals surface area contributed by atoms with E-state index in [-0.39, 0.29) is 24.0 Å². The monoisotopic (exact) mass is 558 g/mol. The third kappa shape index (κ3) is 8.23. The highest BCUT2D eigenvalue weighted by Crippen LogP contribution is 2.23. The molecule has 172 valence electrons. The summed E-state index contributed by atoms with van der Waals surface area (Å²) < 4.78 is 11.6. The Balaban J connectivity index is 0.00000341. The maximum atomic E-state index is 6.14. The molecule has 3 rings (SSSR count). The van der Waals surface area contributed by atoms with Crippen LogP contribution in [0.15, 0.2) is 28.6 Å². The Morgan fingerprint density at radius 3 is 2.87 bits per heavy atom. The first-order chi connectivity index (χ1) is 14.5. The molecule has 2 aromatic rings. The number of halogens is 1. The van der Waals surface area contributed by atoms with Crippen molar-refractivity contribution in [3.8, 4) is 5.75 Å². The number of aromatic nitrogens is 1. The van der Waals surface area contributed by atoms with Gasteiger partial charge in [-0.25, -0.2) is 4.98 Å². The molecule has 2 N–H and O–H groups in total. The summed E-state index contributed by atoms with van der Waals surface area (Å²) in [6.45, 7) is 10.2. The van der Waals surface area contributed by atoms with Gasteiger partial charge in [0.05, 0.1) is 23.9 Å². The zero-order valence-corrected chi connectivity index (χ0v) is 22.1. The number of hydrogen-bond acceptors (Lipinski definition) is 5. The summed E-state index contributed by atoms with van der Waals surface area (Å²) >= 11 is 1.74. The van der Waals surface area contributed by atoms with Gasteiger partial charge in [-0.1, -0.05) is 26.0 Å². The summed E-state index contributed by atoms with van der Waals surface area (Å²) in [6, 6.07) is 6.35. The normalized spacial score (nSPS) is 16.3. The van der Waals surface area contributed by atoms with E-state index in [9.17, 15) is 0 Å². The molecule has 1 saturated heterocycles. The number of guanidine groups is 1. The molecule has 8 heteroatoms. The van der Waals surface area contributed by atoms with Crippen LogP contribution in [-0.4, -0.2) is 44.4 Å². The van der Waals surface area contributed by atoms with Crippen LogP contribution in [0, 0.1) is 12.8 Å². The standard InChI is InChI=1S/C23H34N4O2S.HI/c1-16(2)22-27-20(15-30-22)7-9-25-23(24-4)26-12-19-6-5-17(3)11-21(19)29-14-18-8-10-28-13-18;/h5-6,11,15-16,18H,7-10,12-14H2,1-4H3,(H2,24,25,26);1H. The lowest BCUT2D eigenvalue weighted by molar-refractivity contribution is 0.166. The van der Waals surface area contributed by atoms with E-state index in [0.29, 0.717) is 25.0 Å². The van der Waals surface area contributed by atoms with Gasteiger partial charge in [-0.3, -0.25) is 4.99 Å². The van der Waals surface area contributed by atoms with Crippen molar-refractivity contribution in [3.63, 3.8) is 0 Å². The largest absolute Gasteiger partial charge is 0.493 e. The molecular weight excluding hydrogens is 523 g/mol. The molecule has 31 heavy (non-hydrogen) atoms. The number of thiazole rings is 1. The summed E-state index contributed by atoms with van der Waals surface area (Å²) in [6.07, 6.45) is 1.96. The van der Waals surface area contributed by atoms with E-state index in [4.69, 9.17) is 14.5 Å². The van der Waals surface area contributed by atoms with Crippen LogP contribution < -0.4 is 15.4 Å². The maximum Gasteiger partial charge on any atom is 0.191 e. The van der Waals surface area contributed by atoms with Crippen molar-refractivity contribution in [1.29, 1.82) is 0 Å². The number of nitrogens with one attached hydrogen (secondary N) is 2. The van der Waals surface area contributed by atoms with Crippen LogP contribution in [0.25, 0.3) is 0 Å². The number of aliphatic imine (C=N–C) groups is 1. The lowest BCUT2D eigenvalue weighted by Gasteiger charge is -2.17. The number of hydrogen-bond donors (Lipinski definition) is 2. The van der Waals surface area contributed by atoms with Crippen molar-refractivity contribution in [1.82, 2.24) is 15.6 Å². The summed E-state index contributed by atoms with van der Waals surface area (Å²) in [4.78, 5) is 9.03. The average molecular weight is 559 g/mol. The van der Waals surface area contributed by atoms with E-state index in [1.54, 1.807) is 18.4 Å². The van der Waals surface area contributed by atoms with E-state index in [0.717, 1.165) is 55.6 Å². The van der Waals surface area contributed by atoms with Crippen LogP contribution in [0.4, 0.5) is 0 Å². The predicted octanol–water partition coefficient (Wildman–Crippen LogP) is 4.52. The predicted molar refractivity (Wildman–Crippen MR) is 139 cm³/mol. The van der Waals surface area contributed by atoms with Crippen LogP contribution >= 0.6 is 35.3 Å². The fourth-order valence-corrected chi connectivity index (χ4v) is 4.15. The first-order valence-corrected chi connectivity index (χ1v) is 11.6. The van der Waals surface area contributed by atoms with Crippen molar-refractivity contribution in [2.24, 2.45) is 10.9 Å². The molecule has 6 nitrogen and oxygen atoms in total. The number of aryl methyl sites for hydroxylation is 1. The van der Waals surface area contributed by atoms with Crippen molar-refractivity contribution in [2.75, 3.05) is 33.4 Å². The zero-order chi connectivity index (χ0) is 21.3. The Bertz CT molecular complexity index is 835. The average Bonchev–Trinajstić information content (AvgIpc) is 3.42. The summed E-state index contributed by atoms with van der Waals surface area (Å²) in [7, 11) is 1.79. The molecule has 0 amide bonds. The minimum absolute atomic E-state index is 0. The van der Waals surface area contributed by atoms with Gasteiger partial charge in [0.1, 0.15) is 5.75 Å². The van der Waals surface area contributed by atoms with Crippen molar-refractivity contribution < 1.29 is 9.47 Å². The van der Waals surface area contributed by atoms with E-state index < -0.39 is 0 Å². The lowest BCUT2D eigenvalue weighted by atomic mass is 10.1. The third-order valence-corrected chi connectivity index (χ3v) is 6.32. The third-order valence-electron chi connectivity index (χ3n) is 5.13. The Kier molecular flexibility index (Phi) is 11.0. The Morgan fingerprint density at radius 1 is 1.35 bits per heavy atom. The Labute approximate surface area is 207 Å². The minimum Gasteiger partial charge on any atom is -0.493 e. The molecule has 0 saturated carbocycles. The molecule has 0 bridgehead atoms. The van der Waals surface area contributed by atoms with Crippen LogP contribution in [0.2, 0.25) is 0 Å². The molecule has 0 spiro atoms. The maximum absolute atomic E-state index is 6.14. The second kappa shape index (κ2) is 13.2. The van der Waals surface area contributed by atoms with Gasteiger partial charge in [0, 0.05) is 55.9 Å². The Morgan fingerprint density at radius 2 is 2.19 bits per heavy atom. The van der Waals surface area contributed by atoms with Gasteiger partial charge >= 0.3 is 0 Å². The van der Waals surface area contributed by atoms with Crippen molar-refractivity contribution >= 4 is 41.3 Å². The van der Waals surface area contributed by atoms with Crippen LogP contribution in [0.5, 0.6) is 5.75 Å². The van der Waals surface area contributed by atoms with Crippen LogP contribution in [0.1, 0.15) is 48.0 Å². The van der Waals surface area contributed by atoms with Gasteiger partial charge in [0.2, 0.25) is 0 Å². The van der Waals surface area contributed by atoms with Gasteiger partial charge in [0.15, 0.2) is 5.96 Å². The number of ether oxygens (including phenoxy) is 2. The number of rotatable bonds is 9. The van der Waals surface area contributed by atoms with E-state index in [1.165, 1.54) is 10.6 Å². The highest BCUT2D eigenvalue weighted by Gasteiger charge is 2.17. The molecule has 0 radical (unpaired) electrons. The van der Waals surface area contributed by atoms with Gasteiger partial charge in [-0.15, -0.1) is 35.3 Å². The first kappa shape index (κ1) is 25.9. The van der Waals surface area contributed by atoms with E-state index in [1.807, 2.05) is 0 Å². The van der Waals surface area contributed by atoms with Gasteiger partial charge in [-0.05, 0) is 25.0 Å². The molecule has 1 aromatic carbocycles. The second-order valence-electron chi connectivity index (χ2n) is 8.09. The topological polar surface area (TPSA) is 67.8 Å². The minimum atomic E-state index is 0. The molecule has 2 heterocycles. The number of benzene rings is 1. The first-order valence-electron chi connectivity index (χ1n) is 10.7. The molecule has 1 atom stereocenters. The quantitative estimate of drug-likeness (QED) is 0.269. The van der Waals surface area contributed by atoms with Crippen LogP contribution in [0.3, 0.4) is 0 Å². The molecule has 0 aliphatic carbocycles. The smallest absolute Gasteiger partial charge is 0.191 e. The number of nitrogens with zero attached hydrogens (tertiary/aromatic N) is 2. The molecule has 1 fully saturated rings. The van der Waals surface area contributed by atoms with E-state index >= 15 is 0 Å². The molecule has 1 aliphatic rings. The lowest BCUT2D eigenvalue weighted by Crippen LogP contribution is -2.38. The van der Waals surface area contributed by atoms with Gasteiger partial charge in [0.25, 0.3) is 0 Å². The molecule has 1 unspecified atom stereocenters. The van der Waals surface area contributed by atoms with Crippen LogP contribution in [-0.2, 0) is 17.7 Å². The highest BCUT2D eigenvalue weighted by atomic mass is 127. The summed E-state index contributed by atoms with van der Waals surface area (Å²) in [5, 5.41) is 10.1. The summed E-state index contributed by atoms with van der Waals surface area (Å²) in [5.41, 5.74) is 3.46. The molecular formula is C23H35IN4O2S. The fraction of sp³-hybridized carbons (Fsp3) is 0.565. The van der Waals surface area contributed by atoms with Crippen molar-refractivity contribution in [3.05, 3.63) is 45.4 Å². The SMILES string of the molecule is CN=C(NCCc1csc(C(C)C)n1)NCc1ccc(C)cc1OCC1CCOC1.I. The second-order valence-corrected chi connectivity index (χ2v) is 8.98. The fourth-order valence-electron chi connectivity index (χ4n) is 3.28. The zero-order valence-electron chi connectivity index (χ0n) is 18.9. The van der Waals surface area contributed by atoms with E-state index in [2.05, 4.69) is 60.0 Å². The Hall–Kier alpha value is -1.39. The summed E-state index contributed by atoms with van der Waals surface area (Å²) in [5.74, 6) is 2.69.